The third-order valence-corrected chi connectivity index (χ3v) is 2.90. The van der Waals surface area contributed by atoms with Gasteiger partial charge in [-0.1, -0.05) is 12.1 Å². The van der Waals surface area contributed by atoms with Crippen molar-refractivity contribution < 1.29 is 4.92 Å². The summed E-state index contributed by atoms with van der Waals surface area (Å²) in [6, 6.07) is 10.3. The van der Waals surface area contributed by atoms with E-state index < -0.39 is 4.92 Å². The van der Waals surface area contributed by atoms with Crippen LogP contribution in [-0.2, 0) is 0 Å². The van der Waals surface area contributed by atoms with Crippen molar-refractivity contribution >= 4 is 23.0 Å². The number of nitrogen functional groups attached to an aromatic ring is 2. The van der Waals surface area contributed by atoms with E-state index in [1.807, 2.05) is 31.2 Å². The highest BCUT2D eigenvalue weighted by Gasteiger charge is 2.14. The second-order valence-corrected chi connectivity index (χ2v) is 4.39. The maximum Gasteiger partial charge on any atom is 0.311 e. The number of hydrogen-bond acceptors (Lipinski definition) is 6. The zero-order valence-electron chi connectivity index (χ0n) is 10.9. The topological polar surface area (TPSA) is 120 Å². The molecule has 0 bridgehead atoms. The lowest BCUT2D eigenvalue weighted by molar-refractivity contribution is -0.384. The second kappa shape index (κ2) is 5.43. The van der Waals surface area contributed by atoms with Crippen molar-refractivity contribution in [2.45, 2.75) is 13.0 Å². The number of pyridine rings is 1. The van der Waals surface area contributed by atoms with Gasteiger partial charge in [0.15, 0.2) is 0 Å². The smallest absolute Gasteiger partial charge is 0.311 e. The highest BCUT2D eigenvalue weighted by Crippen LogP contribution is 2.24. The summed E-state index contributed by atoms with van der Waals surface area (Å²) >= 11 is 0. The van der Waals surface area contributed by atoms with Crippen LogP contribution in [0.15, 0.2) is 36.4 Å². The Morgan fingerprint density at radius 2 is 1.85 bits per heavy atom. The van der Waals surface area contributed by atoms with Crippen molar-refractivity contribution in [2.75, 3.05) is 16.8 Å². The molecule has 104 valence electrons. The molecule has 1 atom stereocenters. The minimum absolute atomic E-state index is 0.0241. The Kier molecular flexibility index (Phi) is 3.69. The first kappa shape index (κ1) is 13.6. The van der Waals surface area contributed by atoms with E-state index >= 15 is 0 Å². The van der Waals surface area contributed by atoms with E-state index in [1.54, 1.807) is 0 Å². The van der Waals surface area contributed by atoms with Gasteiger partial charge in [-0.3, -0.25) is 10.1 Å². The summed E-state index contributed by atoms with van der Waals surface area (Å²) in [6.45, 7) is 1.95. The molecule has 2 aromatic rings. The molecular formula is C13H15N5O2. The first-order valence-corrected chi connectivity index (χ1v) is 6.00. The Balaban J connectivity index is 2.15. The van der Waals surface area contributed by atoms with Crippen LogP contribution in [-0.4, -0.2) is 9.91 Å². The summed E-state index contributed by atoms with van der Waals surface area (Å²) < 4.78 is 0. The minimum atomic E-state index is -0.560. The quantitative estimate of drug-likeness (QED) is 0.446. The standard InChI is InChI=1S/C13H15N5O2/c1-8(9-2-4-10(14)5-3-9)16-12-7-6-11(18(19)20)13(15)17-12/h2-8H,14H2,1H3,(H3,15,16,17). The van der Waals surface area contributed by atoms with Crippen molar-refractivity contribution in [1.29, 1.82) is 0 Å². The molecule has 5 N–H and O–H groups in total. The molecule has 7 nitrogen and oxygen atoms in total. The van der Waals surface area contributed by atoms with E-state index in [4.69, 9.17) is 11.5 Å². The summed E-state index contributed by atoms with van der Waals surface area (Å²) in [6.07, 6.45) is 0. The average Bonchev–Trinajstić information content (AvgIpc) is 2.39. The normalized spacial score (nSPS) is 11.8. The maximum atomic E-state index is 10.7. The first-order chi connectivity index (χ1) is 9.47. The average molecular weight is 273 g/mol. The maximum absolute atomic E-state index is 10.7. The monoisotopic (exact) mass is 273 g/mol. The van der Waals surface area contributed by atoms with Gasteiger partial charge in [-0.05, 0) is 30.7 Å². The Labute approximate surface area is 115 Å². The van der Waals surface area contributed by atoms with Crippen LogP contribution in [0.1, 0.15) is 18.5 Å². The lowest BCUT2D eigenvalue weighted by Crippen LogP contribution is -2.09. The number of nitrogens with zero attached hydrogens (tertiary/aromatic N) is 2. The van der Waals surface area contributed by atoms with Crippen molar-refractivity contribution in [3.8, 4) is 0 Å². The zero-order chi connectivity index (χ0) is 14.7. The molecule has 7 heteroatoms. The molecule has 0 aliphatic rings. The number of nitro groups is 1. The minimum Gasteiger partial charge on any atom is -0.399 e. The van der Waals surface area contributed by atoms with E-state index in [2.05, 4.69) is 10.3 Å². The fraction of sp³-hybridized carbons (Fsp3) is 0.154. The van der Waals surface area contributed by atoms with Crippen LogP contribution in [0.3, 0.4) is 0 Å². The Morgan fingerprint density at radius 3 is 2.40 bits per heavy atom. The molecule has 1 aromatic heterocycles. The molecule has 0 spiro atoms. The van der Waals surface area contributed by atoms with Crippen molar-refractivity contribution in [3.63, 3.8) is 0 Å². The second-order valence-electron chi connectivity index (χ2n) is 4.39. The fourth-order valence-electron chi connectivity index (χ4n) is 1.79. The van der Waals surface area contributed by atoms with Crippen LogP contribution >= 0.6 is 0 Å². The van der Waals surface area contributed by atoms with Crippen LogP contribution in [0.5, 0.6) is 0 Å². The van der Waals surface area contributed by atoms with E-state index in [9.17, 15) is 10.1 Å². The van der Waals surface area contributed by atoms with Crippen LogP contribution in [0.4, 0.5) is 23.0 Å². The number of aromatic nitrogens is 1. The first-order valence-electron chi connectivity index (χ1n) is 6.00. The van der Waals surface area contributed by atoms with Gasteiger partial charge in [-0.15, -0.1) is 0 Å². The lowest BCUT2D eigenvalue weighted by Gasteiger charge is -2.15. The van der Waals surface area contributed by atoms with Gasteiger partial charge in [0.25, 0.3) is 0 Å². The molecule has 0 amide bonds. The Hall–Kier alpha value is -2.83. The van der Waals surface area contributed by atoms with Crippen molar-refractivity contribution in [3.05, 3.63) is 52.1 Å². The molecule has 0 saturated heterocycles. The molecule has 0 saturated carbocycles. The predicted octanol–water partition coefficient (Wildman–Crippen LogP) is 2.33. The van der Waals surface area contributed by atoms with E-state index in [0.29, 0.717) is 11.5 Å². The molecule has 1 unspecified atom stereocenters. The molecule has 0 aliphatic carbocycles. The number of nitrogens with one attached hydrogen (secondary N) is 1. The van der Waals surface area contributed by atoms with Gasteiger partial charge >= 0.3 is 5.69 Å². The molecular weight excluding hydrogens is 258 g/mol. The van der Waals surface area contributed by atoms with Crippen LogP contribution in [0, 0.1) is 10.1 Å². The van der Waals surface area contributed by atoms with Crippen molar-refractivity contribution in [1.82, 2.24) is 4.98 Å². The number of rotatable bonds is 4. The molecule has 0 radical (unpaired) electrons. The summed E-state index contributed by atoms with van der Waals surface area (Å²) in [4.78, 5) is 14.1. The van der Waals surface area contributed by atoms with Crippen LogP contribution in [0.25, 0.3) is 0 Å². The highest BCUT2D eigenvalue weighted by atomic mass is 16.6. The molecule has 0 fully saturated rings. The fourth-order valence-corrected chi connectivity index (χ4v) is 1.79. The van der Waals surface area contributed by atoms with Gasteiger partial charge in [0.1, 0.15) is 5.82 Å². The molecule has 2 rings (SSSR count). The third kappa shape index (κ3) is 2.94. The predicted molar refractivity (Wildman–Crippen MR) is 78.2 cm³/mol. The molecule has 0 aliphatic heterocycles. The largest absolute Gasteiger partial charge is 0.399 e. The zero-order valence-corrected chi connectivity index (χ0v) is 10.9. The molecule has 1 aromatic carbocycles. The van der Waals surface area contributed by atoms with Gasteiger partial charge in [0, 0.05) is 17.8 Å². The highest BCUT2D eigenvalue weighted by molar-refractivity contribution is 5.57. The van der Waals surface area contributed by atoms with E-state index in [1.165, 1.54) is 12.1 Å². The number of benzene rings is 1. The van der Waals surface area contributed by atoms with Gasteiger partial charge in [-0.2, -0.15) is 0 Å². The third-order valence-electron chi connectivity index (χ3n) is 2.90. The lowest BCUT2D eigenvalue weighted by atomic mass is 10.1. The summed E-state index contributed by atoms with van der Waals surface area (Å²) in [7, 11) is 0. The summed E-state index contributed by atoms with van der Waals surface area (Å²) in [5, 5.41) is 13.8. The summed E-state index contributed by atoms with van der Waals surface area (Å²) in [5.41, 5.74) is 12.7. The van der Waals surface area contributed by atoms with E-state index in [-0.39, 0.29) is 17.5 Å². The molecule has 20 heavy (non-hydrogen) atoms. The summed E-state index contributed by atoms with van der Waals surface area (Å²) in [5.74, 6) is 0.377. The number of nitrogens with two attached hydrogens (primary N) is 2. The van der Waals surface area contributed by atoms with Gasteiger partial charge in [0.2, 0.25) is 5.82 Å². The van der Waals surface area contributed by atoms with E-state index in [0.717, 1.165) is 5.56 Å². The van der Waals surface area contributed by atoms with Gasteiger partial charge in [-0.25, -0.2) is 4.98 Å². The molecule has 1 heterocycles. The van der Waals surface area contributed by atoms with Crippen LogP contribution < -0.4 is 16.8 Å². The SMILES string of the molecule is CC(Nc1ccc([N+](=O)[O-])c(N)n1)c1ccc(N)cc1. The Morgan fingerprint density at radius 1 is 1.20 bits per heavy atom. The van der Waals surface area contributed by atoms with Gasteiger partial charge < -0.3 is 16.8 Å². The number of hydrogen-bond donors (Lipinski definition) is 3. The Bertz CT molecular complexity index is 627. The number of anilines is 3. The van der Waals surface area contributed by atoms with Crippen molar-refractivity contribution in [2.24, 2.45) is 0 Å². The van der Waals surface area contributed by atoms with Gasteiger partial charge in [0.05, 0.1) is 4.92 Å². The van der Waals surface area contributed by atoms with Crippen LogP contribution in [0.2, 0.25) is 0 Å².